The Morgan fingerprint density at radius 3 is 1.93 bits per heavy atom. The van der Waals surface area contributed by atoms with Gasteiger partial charge in [-0.25, -0.2) is 0 Å². The second-order valence-corrected chi connectivity index (χ2v) is 6.40. The minimum Gasteiger partial charge on any atom is -0.300 e. The van der Waals surface area contributed by atoms with Crippen LogP contribution < -0.4 is 0 Å². The monoisotopic (exact) mass is 366 g/mol. The lowest BCUT2D eigenvalue weighted by Gasteiger charge is -1.99. The summed E-state index contributed by atoms with van der Waals surface area (Å²) in [5, 5.41) is 0. The molecule has 0 aliphatic rings. The lowest BCUT2D eigenvalue weighted by molar-refractivity contribution is -0.116. The minimum atomic E-state index is 0.205. The summed E-state index contributed by atoms with van der Waals surface area (Å²) < 4.78 is 0. The van der Waals surface area contributed by atoms with Gasteiger partial charge in [0.05, 0.1) is 0 Å². The van der Waals surface area contributed by atoms with E-state index in [0.29, 0.717) is 6.42 Å². The van der Waals surface area contributed by atoms with Gasteiger partial charge < -0.3 is 0 Å². The Morgan fingerprint density at radius 2 is 1.44 bits per heavy atom. The van der Waals surface area contributed by atoms with Crippen molar-refractivity contribution in [2.45, 2.75) is 73.1 Å². The van der Waals surface area contributed by atoms with E-state index in [0.717, 1.165) is 18.4 Å². The van der Waals surface area contributed by atoms with E-state index < -0.39 is 0 Å². The molecule has 0 spiro atoms. The van der Waals surface area contributed by atoms with E-state index in [1.54, 1.807) is 6.92 Å². The first-order valence-electron chi connectivity index (χ1n) is 10.4. The van der Waals surface area contributed by atoms with Crippen LogP contribution in [0.4, 0.5) is 0 Å². The van der Waals surface area contributed by atoms with Crippen molar-refractivity contribution in [3.05, 3.63) is 77.4 Å². The fraction of sp³-hybridized carbons (Fsp3) is 0.423. The Labute approximate surface area is 167 Å². The highest BCUT2D eigenvalue weighted by Gasteiger charge is 1.96. The summed E-state index contributed by atoms with van der Waals surface area (Å²) in [7, 11) is 0. The molecule has 0 saturated carbocycles. The van der Waals surface area contributed by atoms with Crippen molar-refractivity contribution in [2.75, 3.05) is 0 Å². The molecule has 0 aliphatic heterocycles. The second kappa shape index (κ2) is 17.3. The summed E-state index contributed by atoms with van der Waals surface area (Å²) in [5.41, 5.74) is 3.64. The molecule has 1 nitrogen and oxygen atoms in total. The third-order valence-electron chi connectivity index (χ3n) is 3.89. The van der Waals surface area contributed by atoms with Gasteiger partial charge in [-0.2, -0.15) is 0 Å². The van der Waals surface area contributed by atoms with Gasteiger partial charge in [0.1, 0.15) is 5.78 Å². The number of hydrogen-bond acceptors (Lipinski definition) is 1. The van der Waals surface area contributed by atoms with E-state index in [-0.39, 0.29) is 5.78 Å². The highest BCUT2D eigenvalue weighted by molar-refractivity contribution is 5.78. The largest absolute Gasteiger partial charge is 0.300 e. The molecule has 0 aromatic heterocycles. The average Bonchev–Trinajstić information content (AvgIpc) is 2.70. The number of unbranched alkanes of at least 4 members (excludes halogenated alkanes) is 2. The summed E-state index contributed by atoms with van der Waals surface area (Å²) in [6.07, 6.45) is 11.1. The number of carbonyl (C=O) groups is 1. The van der Waals surface area contributed by atoms with Gasteiger partial charge in [0.2, 0.25) is 0 Å². The summed E-state index contributed by atoms with van der Waals surface area (Å²) in [6.45, 7) is 10.0. The minimum absolute atomic E-state index is 0.205. The first-order valence-corrected chi connectivity index (χ1v) is 10.4. The number of benzene rings is 2. The molecule has 1 heteroatoms. The lowest BCUT2D eigenvalue weighted by atomic mass is 10.1. The van der Waals surface area contributed by atoms with Gasteiger partial charge in [0, 0.05) is 6.42 Å². The Hall–Kier alpha value is -2.15. The van der Waals surface area contributed by atoms with Crippen LogP contribution in [0.5, 0.6) is 0 Å². The summed E-state index contributed by atoms with van der Waals surface area (Å²) >= 11 is 0. The van der Waals surface area contributed by atoms with Crippen LogP contribution in [0.1, 0.15) is 77.0 Å². The molecule has 0 unspecified atom stereocenters. The Bertz CT molecular complexity index is 606. The molecule has 0 atom stereocenters. The normalized spacial score (nSPS) is 9.81. The van der Waals surface area contributed by atoms with Gasteiger partial charge in [-0.15, -0.1) is 0 Å². The molecular weight excluding hydrogens is 328 g/mol. The smallest absolute Gasteiger partial charge is 0.134 e. The van der Waals surface area contributed by atoms with Crippen LogP contribution in [0.3, 0.4) is 0 Å². The zero-order chi connectivity index (χ0) is 20.3. The Balaban J connectivity index is 0.000000838. The lowest BCUT2D eigenvalue weighted by Crippen LogP contribution is -1.95. The molecule has 0 fully saturated rings. The highest BCUT2D eigenvalue weighted by Crippen LogP contribution is 2.09. The van der Waals surface area contributed by atoms with E-state index in [2.05, 4.69) is 62.4 Å². The third-order valence-corrected chi connectivity index (χ3v) is 3.89. The van der Waals surface area contributed by atoms with Gasteiger partial charge >= 0.3 is 0 Å². The first-order chi connectivity index (χ1) is 13.2. The van der Waals surface area contributed by atoms with Crippen molar-refractivity contribution < 1.29 is 4.79 Å². The van der Waals surface area contributed by atoms with E-state index >= 15 is 0 Å². The molecule has 0 N–H and O–H groups in total. The average molecular weight is 367 g/mol. The maximum Gasteiger partial charge on any atom is 0.134 e. The molecule has 0 bridgehead atoms. The van der Waals surface area contributed by atoms with Crippen LogP contribution in [0.25, 0.3) is 6.08 Å². The van der Waals surface area contributed by atoms with Crippen molar-refractivity contribution in [3.63, 3.8) is 0 Å². The van der Waals surface area contributed by atoms with Crippen molar-refractivity contribution in [1.29, 1.82) is 0 Å². The number of allylic oxidation sites excluding steroid dienone is 1. The molecule has 0 amide bonds. The maximum atomic E-state index is 11.0. The standard InChI is InChI=1S/C19H20O.C5H12.C2H6/c1-16(20)15-19-13-11-18(12-14-19)10-6-5-9-17-7-3-2-4-8-17;1-3-5-4-2;1-2/h2-4,6-8,10-14H,5,9,15H2,1H3;3-5H2,1-2H3;1-2H3/b10-6-;;. The van der Waals surface area contributed by atoms with Gasteiger partial charge in [-0.05, 0) is 36.5 Å². The highest BCUT2D eigenvalue weighted by atomic mass is 16.1. The number of Topliss-reactive ketones (excluding diaryl/α,β-unsaturated/α-hetero) is 1. The molecule has 0 radical (unpaired) electrons. The molecular formula is C26H38O. The number of carbonyl (C=O) groups excluding carboxylic acids is 1. The maximum absolute atomic E-state index is 11.0. The first kappa shape index (κ1) is 24.8. The third kappa shape index (κ3) is 13.7. The summed E-state index contributed by atoms with van der Waals surface area (Å²) in [5.74, 6) is 0.205. The summed E-state index contributed by atoms with van der Waals surface area (Å²) in [6, 6.07) is 18.7. The van der Waals surface area contributed by atoms with E-state index in [9.17, 15) is 4.79 Å². The van der Waals surface area contributed by atoms with Crippen molar-refractivity contribution >= 4 is 11.9 Å². The SMILES string of the molecule is CC.CC(=O)Cc1ccc(/C=C\CCc2ccccc2)cc1.CCCCC. The van der Waals surface area contributed by atoms with Crippen molar-refractivity contribution in [2.24, 2.45) is 0 Å². The topological polar surface area (TPSA) is 17.1 Å². The van der Waals surface area contributed by atoms with Gasteiger partial charge in [0.25, 0.3) is 0 Å². The van der Waals surface area contributed by atoms with Crippen LogP contribution in [-0.2, 0) is 17.6 Å². The fourth-order valence-electron chi connectivity index (χ4n) is 2.50. The quantitative estimate of drug-likeness (QED) is 0.468. The predicted octanol–water partition coefficient (Wildman–Crippen LogP) is 7.69. The molecule has 0 heterocycles. The molecule has 27 heavy (non-hydrogen) atoms. The fourth-order valence-corrected chi connectivity index (χ4v) is 2.50. The number of aryl methyl sites for hydroxylation is 1. The Morgan fingerprint density at radius 1 is 0.852 bits per heavy atom. The molecule has 148 valence electrons. The van der Waals surface area contributed by atoms with Crippen LogP contribution in [-0.4, -0.2) is 5.78 Å². The molecule has 0 aliphatic carbocycles. The van der Waals surface area contributed by atoms with Gasteiger partial charge in [0.15, 0.2) is 0 Å². The Kier molecular flexibility index (Phi) is 15.9. The van der Waals surface area contributed by atoms with E-state index in [4.69, 9.17) is 0 Å². The number of hydrogen-bond donors (Lipinski definition) is 0. The van der Waals surface area contributed by atoms with E-state index in [1.807, 2.05) is 32.0 Å². The van der Waals surface area contributed by atoms with Crippen LogP contribution in [0, 0.1) is 0 Å². The predicted molar refractivity (Wildman–Crippen MR) is 121 cm³/mol. The van der Waals surface area contributed by atoms with Crippen molar-refractivity contribution in [1.82, 2.24) is 0 Å². The van der Waals surface area contributed by atoms with E-state index in [1.165, 1.54) is 30.4 Å². The zero-order valence-electron chi connectivity index (χ0n) is 18.0. The molecule has 2 aromatic carbocycles. The van der Waals surface area contributed by atoms with Crippen molar-refractivity contribution in [3.8, 4) is 0 Å². The summed E-state index contributed by atoms with van der Waals surface area (Å²) in [4.78, 5) is 11.0. The van der Waals surface area contributed by atoms with Crippen LogP contribution in [0.2, 0.25) is 0 Å². The van der Waals surface area contributed by atoms with Crippen LogP contribution >= 0.6 is 0 Å². The number of rotatable bonds is 8. The molecule has 0 saturated heterocycles. The second-order valence-electron chi connectivity index (χ2n) is 6.40. The van der Waals surface area contributed by atoms with Gasteiger partial charge in [-0.1, -0.05) is 114 Å². The zero-order valence-corrected chi connectivity index (χ0v) is 18.0. The van der Waals surface area contributed by atoms with Crippen LogP contribution in [0.15, 0.2) is 60.7 Å². The number of ketones is 1. The van der Waals surface area contributed by atoms with Gasteiger partial charge in [-0.3, -0.25) is 4.79 Å². The molecule has 2 aromatic rings. The molecule has 2 rings (SSSR count).